The van der Waals surface area contributed by atoms with Gasteiger partial charge >= 0.3 is 11.9 Å². The summed E-state index contributed by atoms with van der Waals surface area (Å²) in [4.78, 5) is 31.6. The average Bonchev–Trinajstić information content (AvgIpc) is 3.91. The Labute approximate surface area is 379 Å². The molecule has 8 rings (SSSR count). The summed E-state index contributed by atoms with van der Waals surface area (Å²) in [7, 11) is 1.43. The van der Waals surface area contributed by atoms with Crippen LogP contribution in [0.5, 0.6) is 17.2 Å². The fraction of sp³-hybridized carbons (Fsp3) is 0.259. The van der Waals surface area contributed by atoms with Crippen LogP contribution in [0.1, 0.15) is 68.1 Å². The topological polar surface area (TPSA) is 138 Å². The Kier molecular flexibility index (Phi) is 15.3. The number of carboxylic acids is 1. The van der Waals surface area contributed by atoms with Gasteiger partial charge in [-0.3, -0.25) is 18.7 Å². The standard InChI is InChI=1S/C28H30N2O3.C26H26N2O4/c1-20-13-15-23(16-14-20)30-27-21(2)25(33-19-9-5-8-12-26(31)32-3)18-17-24(27)29-28(30)22-10-6-4-7-11-22;1-18-11-13-20(14-12-18)28-22-16-21(32-15-7-3-6-10-24(30)31)17-23(29)25(22)27-26(28)19-8-4-2-5-9-19/h4,6-7,10-11,13-18H,5,8-9,12,19H2,1-3H3;2,4-5,8-9,11-14,16-17,29H,3,6-7,10,15H2,1H3,(H,30,31). The Morgan fingerprint density at radius 2 is 1.15 bits per heavy atom. The third kappa shape index (κ3) is 11.4. The van der Waals surface area contributed by atoms with Gasteiger partial charge in [-0.2, -0.15) is 0 Å². The van der Waals surface area contributed by atoms with Crippen LogP contribution >= 0.6 is 0 Å². The van der Waals surface area contributed by atoms with Crippen molar-refractivity contribution in [2.45, 2.75) is 72.1 Å². The number of nitrogens with zero attached hydrogens (tertiary/aromatic N) is 4. The first kappa shape index (κ1) is 45.6. The second kappa shape index (κ2) is 21.8. The summed E-state index contributed by atoms with van der Waals surface area (Å²) in [6.45, 7) is 7.29. The van der Waals surface area contributed by atoms with Crippen molar-refractivity contribution in [1.29, 1.82) is 0 Å². The number of rotatable bonds is 18. The van der Waals surface area contributed by atoms with Crippen LogP contribution in [-0.2, 0) is 14.3 Å². The number of carbonyl (C=O) groups excluding carboxylic acids is 1. The lowest BCUT2D eigenvalue weighted by molar-refractivity contribution is -0.141. The molecular formula is C54H56N4O7. The van der Waals surface area contributed by atoms with Crippen LogP contribution in [0.25, 0.3) is 56.2 Å². The summed E-state index contributed by atoms with van der Waals surface area (Å²) >= 11 is 0. The molecule has 0 aliphatic carbocycles. The van der Waals surface area contributed by atoms with E-state index in [0.717, 1.165) is 99.7 Å². The van der Waals surface area contributed by atoms with E-state index in [-0.39, 0.29) is 18.1 Å². The fourth-order valence-electron chi connectivity index (χ4n) is 7.72. The van der Waals surface area contributed by atoms with Crippen LogP contribution in [0, 0.1) is 20.8 Å². The molecule has 0 atom stereocenters. The number of phenolic OH excluding ortho intramolecular Hbond substituents is 1. The summed E-state index contributed by atoms with van der Waals surface area (Å²) in [5, 5.41) is 19.4. The molecule has 0 aliphatic rings. The number of benzene rings is 6. The van der Waals surface area contributed by atoms with E-state index in [0.29, 0.717) is 37.3 Å². The zero-order valence-corrected chi connectivity index (χ0v) is 37.5. The monoisotopic (exact) mass is 872 g/mol. The van der Waals surface area contributed by atoms with E-state index in [1.54, 1.807) is 6.07 Å². The molecule has 11 nitrogen and oxygen atoms in total. The molecule has 2 N–H and O–H groups in total. The first-order valence-corrected chi connectivity index (χ1v) is 22.2. The molecule has 2 aromatic heterocycles. The molecule has 65 heavy (non-hydrogen) atoms. The van der Waals surface area contributed by atoms with Crippen molar-refractivity contribution in [3.05, 3.63) is 150 Å². The Bertz CT molecular complexity index is 2830. The van der Waals surface area contributed by atoms with Crippen LogP contribution in [0.4, 0.5) is 0 Å². The maximum absolute atomic E-state index is 11.2. The van der Waals surface area contributed by atoms with Crippen molar-refractivity contribution < 1.29 is 34.0 Å². The Balaban J connectivity index is 0.000000194. The minimum atomic E-state index is -0.778. The molecule has 11 heteroatoms. The Morgan fingerprint density at radius 1 is 0.600 bits per heavy atom. The number of fused-ring (bicyclic) bond motifs is 2. The van der Waals surface area contributed by atoms with E-state index in [1.807, 2.05) is 102 Å². The number of methoxy groups -OCH3 is 1. The number of imidazole rings is 2. The van der Waals surface area contributed by atoms with Crippen molar-refractivity contribution >= 4 is 34.0 Å². The number of carbonyl (C=O) groups is 2. The number of phenols is 1. The lowest BCUT2D eigenvalue weighted by atomic mass is 10.1. The molecule has 0 fully saturated rings. The van der Waals surface area contributed by atoms with Crippen molar-refractivity contribution in [3.63, 3.8) is 0 Å². The van der Waals surface area contributed by atoms with Crippen LogP contribution in [0.3, 0.4) is 0 Å². The number of hydrogen-bond donors (Lipinski definition) is 2. The predicted molar refractivity (Wildman–Crippen MR) is 256 cm³/mol. The predicted octanol–water partition coefficient (Wildman–Crippen LogP) is 12.2. The van der Waals surface area contributed by atoms with E-state index >= 15 is 0 Å². The number of aromatic hydroxyl groups is 1. The van der Waals surface area contributed by atoms with Crippen molar-refractivity contribution in [1.82, 2.24) is 19.1 Å². The average molecular weight is 873 g/mol. The van der Waals surface area contributed by atoms with Gasteiger partial charge in [-0.25, -0.2) is 9.97 Å². The first-order chi connectivity index (χ1) is 31.6. The zero-order valence-electron chi connectivity index (χ0n) is 37.5. The molecule has 0 bridgehead atoms. The van der Waals surface area contributed by atoms with Gasteiger partial charge in [0.15, 0.2) is 0 Å². The second-order valence-corrected chi connectivity index (χ2v) is 16.1. The minimum Gasteiger partial charge on any atom is -0.505 e. The minimum absolute atomic E-state index is 0.0615. The summed E-state index contributed by atoms with van der Waals surface area (Å²) in [5.74, 6) is 2.20. The highest BCUT2D eigenvalue weighted by molar-refractivity contribution is 5.90. The highest BCUT2D eigenvalue weighted by Gasteiger charge is 2.20. The van der Waals surface area contributed by atoms with Gasteiger partial charge in [0.25, 0.3) is 0 Å². The molecule has 0 saturated carbocycles. The number of hydrogen-bond acceptors (Lipinski definition) is 8. The summed E-state index contributed by atoms with van der Waals surface area (Å²) in [6.07, 6.45) is 5.41. The highest BCUT2D eigenvalue weighted by Crippen LogP contribution is 2.37. The van der Waals surface area contributed by atoms with Crippen LogP contribution in [0.2, 0.25) is 0 Å². The molecule has 0 spiro atoms. The molecule has 0 saturated heterocycles. The maximum Gasteiger partial charge on any atom is 0.305 e. The number of carboxylic acid groups (broad SMARTS) is 1. The lowest BCUT2D eigenvalue weighted by Gasteiger charge is -2.14. The van der Waals surface area contributed by atoms with Crippen molar-refractivity contribution in [2.24, 2.45) is 0 Å². The number of ether oxygens (including phenoxy) is 3. The number of unbranched alkanes of at least 4 members (excludes halogenated alkanes) is 4. The summed E-state index contributed by atoms with van der Waals surface area (Å²) in [6, 6.07) is 44.4. The first-order valence-electron chi connectivity index (χ1n) is 22.2. The molecule has 0 amide bonds. The van der Waals surface area contributed by atoms with Gasteiger partial charge in [0.05, 0.1) is 36.9 Å². The van der Waals surface area contributed by atoms with Crippen LogP contribution in [-0.4, -0.2) is 61.6 Å². The summed E-state index contributed by atoms with van der Waals surface area (Å²) < 4.78 is 21.0. The molecule has 2 heterocycles. The molecule has 0 radical (unpaired) electrons. The number of aromatic nitrogens is 4. The molecule has 6 aromatic carbocycles. The van der Waals surface area contributed by atoms with Gasteiger partial charge in [0.1, 0.15) is 34.4 Å². The summed E-state index contributed by atoms with van der Waals surface area (Å²) in [5.41, 5.74) is 10.8. The van der Waals surface area contributed by atoms with E-state index < -0.39 is 5.97 Å². The van der Waals surface area contributed by atoms with Crippen molar-refractivity contribution in [3.8, 4) is 51.4 Å². The third-order valence-electron chi connectivity index (χ3n) is 11.2. The molecule has 0 unspecified atom stereocenters. The van der Waals surface area contributed by atoms with Gasteiger partial charge in [0.2, 0.25) is 0 Å². The Morgan fingerprint density at radius 3 is 1.74 bits per heavy atom. The third-order valence-corrected chi connectivity index (χ3v) is 11.2. The van der Waals surface area contributed by atoms with E-state index in [2.05, 4.69) is 54.8 Å². The van der Waals surface area contributed by atoms with E-state index in [1.165, 1.54) is 12.7 Å². The van der Waals surface area contributed by atoms with Crippen LogP contribution < -0.4 is 9.47 Å². The van der Waals surface area contributed by atoms with Crippen molar-refractivity contribution in [2.75, 3.05) is 20.3 Å². The number of aryl methyl sites for hydroxylation is 3. The molecule has 8 aromatic rings. The highest BCUT2D eigenvalue weighted by atomic mass is 16.5. The maximum atomic E-state index is 11.2. The van der Waals surface area contributed by atoms with Gasteiger partial charge in [-0.1, -0.05) is 96.1 Å². The van der Waals surface area contributed by atoms with Gasteiger partial charge < -0.3 is 24.4 Å². The lowest BCUT2D eigenvalue weighted by Crippen LogP contribution is -2.03. The normalized spacial score (nSPS) is 11.0. The zero-order chi connectivity index (χ0) is 45.7. The number of esters is 1. The van der Waals surface area contributed by atoms with Gasteiger partial charge in [0, 0.05) is 53.0 Å². The molecular weight excluding hydrogens is 817 g/mol. The van der Waals surface area contributed by atoms with Gasteiger partial charge in [-0.05, 0) is 95.7 Å². The molecule has 0 aliphatic heterocycles. The van der Waals surface area contributed by atoms with Crippen LogP contribution in [0.15, 0.2) is 133 Å². The quantitative estimate of drug-likeness (QED) is 0.0637. The fourth-order valence-corrected chi connectivity index (χ4v) is 7.72. The van der Waals surface area contributed by atoms with E-state index in [4.69, 9.17) is 29.3 Å². The number of aliphatic carboxylic acids is 1. The largest absolute Gasteiger partial charge is 0.505 e. The molecule has 334 valence electrons. The smallest absolute Gasteiger partial charge is 0.305 e. The van der Waals surface area contributed by atoms with Gasteiger partial charge in [-0.15, -0.1) is 0 Å². The van der Waals surface area contributed by atoms with E-state index in [9.17, 15) is 14.7 Å². The Hall–Kier alpha value is -7.40. The SMILES string of the molecule is COC(=O)CCCCCOc1ccc2nc(-c3ccccc3)n(-c3ccc(C)cc3)c2c1C.Cc1ccc(-n2c(-c3ccccc3)nc3c(O)cc(OCCCCCC(=O)O)cc32)cc1. The second-order valence-electron chi connectivity index (χ2n) is 16.1.